The van der Waals surface area contributed by atoms with Crippen molar-refractivity contribution in [2.75, 3.05) is 43.2 Å². The quantitative estimate of drug-likeness (QED) is 0.537. The smallest absolute Gasteiger partial charge is 0.223 e. The minimum absolute atomic E-state index is 0.199. The molecule has 0 saturated heterocycles. The number of aliphatic hydroxyl groups is 1. The molecule has 7 heteroatoms. The lowest BCUT2D eigenvalue weighted by Gasteiger charge is -2.23. The summed E-state index contributed by atoms with van der Waals surface area (Å²) >= 11 is 0. The van der Waals surface area contributed by atoms with Gasteiger partial charge in [0.25, 0.3) is 0 Å². The predicted octanol–water partition coefficient (Wildman–Crippen LogP) is 1.08. The summed E-state index contributed by atoms with van der Waals surface area (Å²) in [4.78, 5) is 8.20. The first-order valence-electron chi connectivity index (χ1n) is 6.80. The number of methoxy groups -OCH3 is 1. The average Bonchev–Trinajstić information content (AvgIpc) is 2.40. The van der Waals surface area contributed by atoms with E-state index in [1.165, 1.54) is 0 Å². The van der Waals surface area contributed by atoms with E-state index in [9.17, 15) is 5.11 Å². The monoisotopic (exact) mass is 283 g/mol. The number of nitrogen functional groups attached to an aromatic ring is 1. The van der Waals surface area contributed by atoms with Gasteiger partial charge >= 0.3 is 0 Å². The lowest BCUT2D eigenvalue weighted by molar-refractivity contribution is 0.0357. The van der Waals surface area contributed by atoms with E-state index < -0.39 is 5.60 Å². The normalized spacial score (nSPS) is 13.8. The average molecular weight is 283 g/mol. The number of anilines is 3. The van der Waals surface area contributed by atoms with Gasteiger partial charge in [-0.15, -0.1) is 0 Å². The second-order valence-electron chi connectivity index (χ2n) is 5.02. The van der Waals surface area contributed by atoms with Crippen molar-refractivity contribution < 1.29 is 9.84 Å². The highest BCUT2D eigenvalue weighted by Gasteiger charge is 2.20. The molecule has 1 atom stereocenters. The van der Waals surface area contributed by atoms with E-state index in [1.54, 1.807) is 20.1 Å². The summed E-state index contributed by atoms with van der Waals surface area (Å²) < 4.78 is 4.97. The number of hydrogen-bond acceptors (Lipinski definition) is 7. The van der Waals surface area contributed by atoms with Crippen LogP contribution in [0.15, 0.2) is 6.07 Å². The molecular weight excluding hydrogens is 258 g/mol. The van der Waals surface area contributed by atoms with Gasteiger partial charge in [-0.2, -0.15) is 9.97 Å². The summed E-state index contributed by atoms with van der Waals surface area (Å²) in [6.07, 6.45) is 1.54. The largest absolute Gasteiger partial charge is 0.388 e. The van der Waals surface area contributed by atoms with Crippen molar-refractivity contribution >= 4 is 17.6 Å². The van der Waals surface area contributed by atoms with Gasteiger partial charge in [0.05, 0.1) is 5.60 Å². The number of nitrogens with zero attached hydrogens (tertiary/aromatic N) is 2. The van der Waals surface area contributed by atoms with Crippen molar-refractivity contribution in [1.29, 1.82) is 0 Å². The highest BCUT2D eigenvalue weighted by Crippen LogP contribution is 2.15. The molecule has 0 aliphatic carbocycles. The van der Waals surface area contributed by atoms with Crippen LogP contribution >= 0.6 is 0 Å². The van der Waals surface area contributed by atoms with Crippen LogP contribution in [0.2, 0.25) is 0 Å². The zero-order valence-electron chi connectivity index (χ0n) is 12.4. The summed E-state index contributed by atoms with van der Waals surface area (Å²) in [5.74, 6) is 1.47. The van der Waals surface area contributed by atoms with E-state index in [0.29, 0.717) is 31.2 Å². The number of hydrogen-bond donors (Lipinski definition) is 4. The van der Waals surface area contributed by atoms with Crippen LogP contribution in [-0.2, 0) is 4.74 Å². The molecule has 0 aliphatic heterocycles. The van der Waals surface area contributed by atoms with Crippen LogP contribution < -0.4 is 16.4 Å². The van der Waals surface area contributed by atoms with E-state index in [4.69, 9.17) is 10.5 Å². The second-order valence-corrected chi connectivity index (χ2v) is 5.02. The molecular formula is C13H25N5O2. The Hall–Kier alpha value is -1.60. The molecule has 1 rings (SSSR count). The zero-order chi connectivity index (χ0) is 15.0. The Bertz CT molecular complexity index is 412. The number of aromatic nitrogens is 2. The standard InChI is InChI=1S/C13H25N5O2/c1-4-6-15-10-8-11(18-12(14)17-10)16-9-13(2,19)5-7-20-3/h8,19H,4-7,9H2,1-3H3,(H4,14,15,16,17,18). The van der Waals surface area contributed by atoms with E-state index >= 15 is 0 Å². The third-order valence-corrected chi connectivity index (χ3v) is 2.79. The van der Waals surface area contributed by atoms with Crippen LogP contribution in [0.1, 0.15) is 26.7 Å². The fourth-order valence-electron chi connectivity index (χ4n) is 1.59. The van der Waals surface area contributed by atoms with Crippen LogP contribution in [0.3, 0.4) is 0 Å². The molecule has 0 amide bonds. The summed E-state index contributed by atoms with van der Waals surface area (Å²) in [5.41, 5.74) is 4.80. The molecule has 0 aliphatic rings. The van der Waals surface area contributed by atoms with Crippen molar-refractivity contribution in [2.45, 2.75) is 32.3 Å². The fraction of sp³-hybridized carbons (Fsp3) is 0.692. The SMILES string of the molecule is CCCNc1cc(NCC(C)(O)CCOC)nc(N)n1. The van der Waals surface area contributed by atoms with Crippen LogP contribution in [-0.4, -0.2) is 47.5 Å². The van der Waals surface area contributed by atoms with E-state index in [-0.39, 0.29) is 5.95 Å². The molecule has 0 bridgehead atoms. The maximum absolute atomic E-state index is 10.2. The first-order valence-corrected chi connectivity index (χ1v) is 6.80. The molecule has 114 valence electrons. The molecule has 0 saturated carbocycles. The van der Waals surface area contributed by atoms with Crippen molar-refractivity contribution in [3.63, 3.8) is 0 Å². The van der Waals surface area contributed by atoms with E-state index in [2.05, 4.69) is 27.5 Å². The third-order valence-electron chi connectivity index (χ3n) is 2.79. The molecule has 20 heavy (non-hydrogen) atoms. The Morgan fingerprint density at radius 2 is 2.00 bits per heavy atom. The molecule has 0 fully saturated rings. The maximum Gasteiger partial charge on any atom is 0.223 e. The summed E-state index contributed by atoms with van der Waals surface area (Å²) in [6, 6.07) is 1.78. The van der Waals surface area contributed by atoms with Crippen molar-refractivity contribution in [3.8, 4) is 0 Å². The van der Waals surface area contributed by atoms with Gasteiger partial charge < -0.3 is 26.2 Å². The van der Waals surface area contributed by atoms with Gasteiger partial charge in [-0.05, 0) is 13.3 Å². The topological polar surface area (TPSA) is 105 Å². The molecule has 7 nitrogen and oxygen atoms in total. The molecule has 1 aromatic heterocycles. The number of rotatable bonds is 9. The Kier molecular flexibility index (Phi) is 6.47. The van der Waals surface area contributed by atoms with Gasteiger partial charge in [-0.25, -0.2) is 0 Å². The number of nitrogens with two attached hydrogens (primary N) is 1. The maximum atomic E-state index is 10.2. The Morgan fingerprint density at radius 3 is 2.60 bits per heavy atom. The molecule has 1 heterocycles. The van der Waals surface area contributed by atoms with Gasteiger partial charge in [0.2, 0.25) is 5.95 Å². The lowest BCUT2D eigenvalue weighted by Crippen LogP contribution is -2.35. The highest BCUT2D eigenvalue weighted by atomic mass is 16.5. The minimum atomic E-state index is -0.868. The first-order chi connectivity index (χ1) is 9.46. The second kappa shape index (κ2) is 7.86. The van der Waals surface area contributed by atoms with Gasteiger partial charge in [0.15, 0.2) is 0 Å². The van der Waals surface area contributed by atoms with Crippen molar-refractivity contribution in [3.05, 3.63) is 6.07 Å². The summed E-state index contributed by atoms with van der Waals surface area (Å²) in [7, 11) is 1.61. The van der Waals surface area contributed by atoms with E-state index in [1.807, 2.05) is 0 Å². The zero-order valence-corrected chi connectivity index (χ0v) is 12.4. The molecule has 0 aromatic carbocycles. The molecule has 0 spiro atoms. The molecule has 5 N–H and O–H groups in total. The molecule has 0 radical (unpaired) electrons. The Labute approximate surface area is 120 Å². The highest BCUT2D eigenvalue weighted by molar-refractivity contribution is 5.51. The van der Waals surface area contributed by atoms with Crippen LogP contribution in [0.5, 0.6) is 0 Å². The van der Waals surface area contributed by atoms with Crippen LogP contribution in [0, 0.1) is 0 Å². The van der Waals surface area contributed by atoms with Gasteiger partial charge in [-0.1, -0.05) is 6.92 Å². The van der Waals surface area contributed by atoms with Crippen LogP contribution in [0.4, 0.5) is 17.6 Å². The lowest BCUT2D eigenvalue weighted by atomic mass is 10.0. The number of ether oxygens (including phenoxy) is 1. The number of nitrogens with one attached hydrogen (secondary N) is 2. The first kappa shape index (κ1) is 16.5. The Balaban J connectivity index is 2.60. The fourth-order valence-corrected chi connectivity index (χ4v) is 1.59. The molecule has 1 aromatic rings. The van der Waals surface area contributed by atoms with Gasteiger partial charge in [-0.3, -0.25) is 0 Å². The van der Waals surface area contributed by atoms with Crippen molar-refractivity contribution in [2.24, 2.45) is 0 Å². The van der Waals surface area contributed by atoms with Crippen molar-refractivity contribution in [1.82, 2.24) is 9.97 Å². The van der Waals surface area contributed by atoms with Crippen LogP contribution in [0.25, 0.3) is 0 Å². The predicted molar refractivity (Wildman–Crippen MR) is 80.8 cm³/mol. The summed E-state index contributed by atoms with van der Waals surface area (Å²) in [6.45, 7) is 5.51. The minimum Gasteiger partial charge on any atom is -0.388 e. The third kappa shape index (κ3) is 6.03. The summed E-state index contributed by atoms with van der Waals surface area (Å²) in [5, 5.41) is 16.4. The Morgan fingerprint density at radius 1 is 1.35 bits per heavy atom. The molecule has 1 unspecified atom stereocenters. The van der Waals surface area contributed by atoms with Gasteiger partial charge in [0.1, 0.15) is 11.6 Å². The van der Waals surface area contributed by atoms with E-state index in [0.717, 1.165) is 13.0 Å². The van der Waals surface area contributed by atoms with Gasteiger partial charge in [0, 0.05) is 39.3 Å².